The van der Waals surface area contributed by atoms with E-state index in [9.17, 15) is 9.90 Å². The maximum atomic E-state index is 13.2. The maximum Gasteiger partial charge on any atom is 0.230 e. The molecule has 4 rings (SSSR count). The molecule has 1 aliphatic heterocycles. The number of piperidine rings is 1. The minimum atomic E-state index is -0.361. The molecular weight excluding hydrogens is 328 g/mol. The Labute approximate surface area is 155 Å². The molecule has 2 aliphatic carbocycles. The van der Waals surface area contributed by atoms with Crippen molar-refractivity contribution in [2.45, 2.75) is 56.1 Å². The van der Waals surface area contributed by atoms with Crippen LogP contribution in [-0.2, 0) is 10.2 Å². The number of nitrogens with one attached hydrogen (secondary N) is 2. The fourth-order valence-electron chi connectivity index (χ4n) is 4.72. The third kappa shape index (κ3) is 3.35. The number of benzene rings is 1. The summed E-state index contributed by atoms with van der Waals surface area (Å²) >= 11 is 0. The number of ether oxygens (including phenoxy) is 1. The largest absolute Gasteiger partial charge is 0.497 e. The minimum Gasteiger partial charge on any atom is -0.497 e. The molecule has 5 nitrogen and oxygen atoms in total. The van der Waals surface area contributed by atoms with Crippen molar-refractivity contribution in [3.8, 4) is 5.75 Å². The van der Waals surface area contributed by atoms with Gasteiger partial charge in [0, 0.05) is 6.04 Å². The highest BCUT2D eigenvalue weighted by Crippen LogP contribution is 2.49. The predicted molar refractivity (Wildman–Crippen MR) is 100 cm³/mol. The number of hydrogen-bond acceptors (Lipinski definition) is 4. The van der Waals surface area contributed by atoms with E-state index in [-0.39, 0.29) is 23.5 Å². The summed E-state index contributed by atoms with van der Waals surface area (Å²) in [6.45, 7) is 2.05. The number of methoxy groups -OCH3 is 1. The summed E-state index contributed by atoms with van der Waals surface area (Å²) in [6.07, 6.45) is 5.50. The van der Waals surface area contributed by atoms with E-state index >= 15 is 0 Å². The van der Waals surface area contributed by atoms with Crippen LogP contribution < -0.4 is 15.4 Å². The quantitative estimate of drug-likeness (QED) is 0.727. The van der Waals surface area contributed by atoms with E-state index in [4.69, 9.17) is 4.74 Å². The van der Waals surface area contributed by atoms with Crippen molar-refractivity contribution in [3.63, 3.8) is 0 Å². The van der Waals surface area contributed by atoms with Gasteiger partial charge < -0.3 is 20.5 Å². The number of aliphatic hydroxyl groups is 1. The van der Waals surface area contributed by atoms with Crippen LogP contribution in [0.3, 0.4) is 0 Å². The highest BCUT2D eigenvalue weighted by atomic mass is 16.5. The van der Waals surface area contributed by atoms with Crippen LogP contribution in [0.25, 0.3) is 0 Å². The summed E-state index contributed by atoms with van der Waals surface area (Å²) < 4.78 is 5.24. The lowest BCUT2D eigenvalue weighted by Gasteiger charge is -2.43. The molecule has 0 aromatic heterocycles. The molecule has 3 N–H and O–H groups in total. The van der Waals surface area contributed by atoms with Crippen molar-refractivity contribution in [3.05, 3.63) is 29.8 Å². The van der Waals surface area contributed by atoms with Gasteiger partial charge in [0.1, 0.15) is 5.75 Å². The van der Waals surface area contributed by atoms with E-state index in [0.29, 0.717) is 11.8 Å². The van der Waals surface area contributed by atoms with Gasteiger partial charge in [0.25, 0.3) is 0 Å². The first-order chi connectivity index (χ1) is 12.6. The molecule has 142 valence electrons. The van der Waals surface area contributed by atoms with Crippen LogP contribution in [0, 0.1) is 11.8 Å². The molecular formula is C21H30N2O3. The number of carbonyl (C=O) groups excluding carboxylic acids is 1. The molecule has 1 heterocycles. The van der Waals surface area contributed by atoms with Crippen molar-refractivity contribution in [1.29, 1.82) is 0 Å². The molecule has 0 radical (unpaired) electrons. The second-order valence-electron chi connectivity index (χ2n) is 8.28. The summed E-state index contributed by atoms with van der Waals surface area (Å²) in [5.41, 5.74) is 0.730. The van der Waals surface area contributed by atoms with Gasteiger partial charge in [-0.3, -0.25) is 4.79 Å². The molecule has 1 aromatic carbocycles. The van der Waals surface area contributed by atoms with E-state index in [1.165, 1.54) is 0 Å². The standard InChI is InChI=1S/C21H30N2O3/c1-26-18-4-2-16(3-5-18)21(8-9-21)20(25)23-19(15-12-17(24)13-15)14-6-10-22-11-7-14/h2-5,14-15,17,19,22,24H,6-13H2,1H3,(H,23,25)/t15?,17?,19-/m0/s1. The second kappa shape index (κ2) is 7.20. The lowest BCUT2D eigenvalue weighted by Crippen LogP contribution is -2.54. The van der Waals surface area contributed by atoms with Crippen LogP contribution in [0.5, 0.6) is 5.75 Å². The molecule has 0 spiro atoms. The Morgan fingerprint density at radius 1 is 1.19 bits per heavy atom. The number of aliphatic hydroxyl groups excluding tert-OH is 1. The van der Waals surface area contributed by atoms with Crippen LogP contribution >= 0.6 is 0 Å². The number of hydrogen-bond donors (Lipinski definition) is 3. The van der Waals surface area contributed by atoms with Crippen molar-refractivity contribution < 1.29 is 14.6 Å². The van der Waals surface area contributed by atoms with Crippen LogP contribution in [0.1, 0.15) is 44.1 Å². The Hall–Kier alpha value is -1.59. The Balaban J connectivity index is 1.48. The highest BCUT2D eigenvalue weighted by Gasteiger charge is 2.52. The van der Waals surface area contributed by atoms with Gasteiger partial charge in [-0.2, -0.15) is 0 Å². The van der Waals surface area contributed by atoms with Gasteiger partial charge in [-0.05, 0) is 81.1 Å². The van der Waals surface area contributed by atoms with Gasteiger partial charge in [0.2, 0.25) is 5.91 Å². The summed E-state index contributed by atoms with van der Waals surface area (Å²) in [5.74, 6) is 1.93. The van der Waals surface area contributed by atoms with Crippen molar-refractivity contribution in [2.24, 2.45) is 11.8 Å². The molecule has 3 fully saturated rings. The molecule has 3 aliphatic rings. The van der Waals surface area contributed by atoms with Crippen molar-refractivity contribution >= 4 is 5.91 Å². The van der Waals surface area contributed by atoms with Crippen LogP contribution in [0.2, 0.25) is 0 Å². The molecule has 0 bridgehead atoms. The summed E-state index contributed by atoms with van der Waals surface area (Å²) in [6, 6.07) is 8.13. The zero-order valence-electron chi connectivity index (χ0n) is 15.5. The zero-order valence-corrected chi connectivity index (χ0v) is 15.5. The topological polar surface area (TPSA) is 70.6 Å². The molecule has 26 heavy (non-hydrogen) atoms. The summed E-state index contributed by atoms with van der Waals surface area (Å²) in [7, 11) is 1.66. The molecule has 1 aromatic rings. The zero-order chi connectivity index (χ0) is 18.1. The molecule has 1 saturated heterocycles. The summed E-state index contributed by atoms with van der Waals surface area (Å²) in [4.78, 5) is 13.2. The van der Waals surface area contributed by atoms with Crippen molar-refractivity contribution in [1.82, 2.24) is 10.6 Å². The van der Waals surface area contributed by atoms with Crippen LogP contribution in [0.4, 0.5) is 0 Å². The second-order valence-corrected chi connectivity index (χ2v) is 8.28. The van der Waals surface area contributed by atoms with Gasteiger partial charge in [0.05, 0.1) is 18.6 Å². The molecule has 1 amide bonds. The van der Waals surface area contributed by atoms with Gasteiger partial charge in [0.15, 0.2) is 0 Å². The minimum absolute atomic E-state index is 0.174. The number of rotatable bonds is 6. The number of amides is 1. The Morgan fingerprint density at radius 3 is 2.38 bits per heavy atom. The fraction of sp³-hybridized carbons (Fsp3) is 0.667. The monoisotopic (exact) mass is 358 g/mol. The van der Waals surface area contributed by atoms with Gasteiger partial charge in [-0.15, -0.1) is 0 Å². The van der Waals surface area contributed by atoms with E-state index in [1.807, 2.05) is 24.3 Å². The van der Waals surface area contributed by atoms with Crippen LogP contribution in [0.15, 0.2) is 24.3 Å². The lowest BCUT2D eigenvalue weighted by atomic mass is 9.71. The third-order valence-corrected chi connectivity index (χ3v) is 6.67. The average Bonchev–Trinajstić information content (AvgIpc) is 3.46. The van der Waals surface area contributed by atoms with E-state index in [0.717, 1.165) is 62.9 Å². The third-order valence-electron chi connectivity index (χ3n) is 6.67. The molecule has 5 heteroatoms. The normalized spacial score (nSPS) is 28.7. The first-order valence-corrected chi connectivity index (χ1v) is 9.97. The lowest BCUT2D eigenvalue weighted by molar-refractivity contribution is -0.126. The first-order valence-electron chi connectivity index (χ1n) is 9.97. The average molecular weight is 358 g/mol. The highest BCUT2D eigenvalue weighted by molar-refractivity contribution is 5.91. The predicted octanol–water partition coefficient (Wildman–Crippen LogP) is 1.98. The SMILES string of the molecule is COc1ccc(C2(C(=O)N[C@@H](C3CCNCC3)C3CC(O)C3)CC2)cc1. The first kappa shape index (κ1) is 17.8. The van der Waals surface area contributed by atoms with E-state index in [1.54, 1.807) is 7.11 Å². The van der Waals surface area contributed by atoms with Gasteiger partial charge in [-0.25, -0.2) is 0 Å². The van der Waals surface area contributed by atoms with E-state index in [2.05, 4.69) is 10.6 Å². The molecule has 1 atom stereocenters. The Morgan fingerprint density at radius 2 is 1.85 bits per heavy atom. The Kier molecular flexibility index (Phi) is 4.93. The fourth-order valence-corrected chi connectivity index (χ4v) is 4.72. The van der Waals surface area contributed by atoms with E-state index < -0.39 is 0 Å². The summed E-state index contributed by atoms with van der Waals surface area (Å²) in [5, 5.41) is 16.6. The van der Waals surface area contributed by atoms with Crippen molar-refractivity contribution in [2.75, 3.05) is 20.2 Å². The van der Waals surface area contributed by atoms with Gasteiger partial charge >= 0.3 is 0 Å². The maximum absolute atomic E-state index is 13.2. The number of carbonyl (C=O) groups is 1. The van der Waals surface area contributed by atoms with Crippen LogP contribution in [-0.4, -0.2) is 43.4 Å². The molecule has 2 saturated carbocycles. The Bertz CT molecular complexity index is 629. The smallest absolute Gasteiger partial charge is 0.230 e. The molecule has 0 unspecified atom stereocenters. The van der Waals surface area contributed by atoms with Gasteiger partial charge in [-0.1, -0.05) is 12.1 Å².